The number of benzene rings is 1. The van der Waals surface area contributed by atoms with Crippen molar-refractivity contribution in [3.05, 3.63) is 65.3 Å². The zero-order valence-corrected chi connectivity index (χ0v) is 15.1. The molecule has 0 radical (unpaired) electrons. The number of nitrogens with one attached hydrogen (secondary N) is 1. The minimum absolute atomic E-state index is 0.409. The number of para-hydroxylation sites is 1. The Bertz CT molecular complexity index is 854. The Balaban J connectivity index is 1.31. The lowest BCUT2D eigenvalue weighted by Gasteiger charge is -2.15. The first-order valence-electron chi connectivity index (χ1n) is 8.72. The van der Waals surface area contributed by atoms with Crippen LogP contribution in [-0.2, 0) is 6.42 Å². The Hall–Kier alpha value is -2.60. The van der Waals surface area contributed by atoms with Gasteiger partial charge in [-0.1, -0.05) is 23.7 Å². The molecule has 0 amide bonds. The second-order valence-electron chi connectivity index (χ2n) is 6.34. The van der Waals surface area contributed by atoms with Crippen LogP contribution >= 0.6 is 11.6 Å². The van der Waals surface area contributed by atoms with E-state index in [4.69, 9.17) is 16.3 Å². The average Bonchev–Trinajstić information content (AvgIpc) is 3.33. The Kier molecular flexibility index (Phi) is 5.02. The van der Waals surface area contributed by atoms with Gasteiger partial charge >= 0.3 is 0 Å². The lowest BCUT2D eigenvalue weighted by atomic mass is 10.0. The third-order valence-electron chi connectivity index (χ3n) is 4.60. The summed E-state index contributed by atoms with van der Waals surface area (Å²) in [5, 5.41) is 8.26. The maximum atomic E-state index is 6.10. The Morgan fingerprint density at radius 2 is 2.19 bits per heavy atom. The average molecular weight is 370 g/mol. The van der Waals surface area contributed by atoms with Crippen molar-refractivity contribution in [1.82, 2.24) is 20.2 Å². The van der Waals surface area contributed by atoms with Crippen LogP contribution in [0.5, 0.6) is 5.75 Å². The van der Waals surface area contributed by atoms with Crippen molar-refractivity contribution in [3.8, 4) is 5.75 Å². The van der Waals surface area contributed by atoms with E-state index in [1.165, 1.54) is 0 Å². The number of aromatic amines is 1. The van der Waals surface area contributed by atoms with Gasteiger partial charge in [-0.3, -0.25) is 10.1 Å². The molecule has 4 rings (SSSR count). The number of anilines is 1. The number of nitrogens with zero attached hydrogens (tertiary/aromatic N) is 4. The van der Waals surface area contributed by atoms with Gasteiger partial charge < -0.3 is 9.64 Å². The normalized spacial score (nSPS) is 16.8. The molecule has 7 heteroatoms. The van der Waals surface area contributed by atoms with Gasteiger partial charge in [-0.15, -0.1) is 0 Å². The van der Waals surface area contributed by atoms with Crippen molar-refractivity contribution in [1.29, 1.82) is 0 Å². The molecule has 1 fully saturated rings. The van der Waals surface area contributed by atoms with Gasteiger partial charge in [-0.2, -0.15) is 5.10 Å². The van der Waals surface area contributed by atoms with Crippen LogP contribution in [0.4, 0.5) is 5.82 Å². The molecule has 0 spiro atoms. The first kappa shape index (κ1) is 16.8. The summed E-state index contributed by atoms with van der Waals surface area (Å²) < 4.78 is 5.75. The molecule has 0 saturated carbocycles. The molecule has 1 aliphatic rings. The first-order valence-corrected chi connectivity index (χ1v) is 9.10. The van der Waals surface area contributed by atoms with Crippen LogP contribution in [0.3, 0.4) is 0 Å². The molecule has 2 aromatic heterocycles. The van der Waals surface area contributed by atoms with Crippen molar-refractivity contribution in [2.45, 2.75) is 18.8 Å². The molecule has 26 heavy (non-hydrogen) atoms. The van der Waals surface area contributed by atoms with Crippen molar-refractivity contribution >= 4 is 17.4 Å². The van der Waals surface area contributed by atoms with E-state index in [0.717, 1.165) is 43.1 Å². The number of hydrogen-bond donors (Lipinski definition) is 1. The molecule has 0 unspecified atom stereocenters. The highest BCUT2D eigenvalue weighted by molar-refractivity contribution is 6.32. The number of ether oxygens (including phenoxy) is 1. The van der Waals surface area contributed by atoms with Crippen LogP contribution in [0.1, 0.15) is 23.7 Å². The Labute approximate surface area is 157 Å². The molecule has 1 N–H and O–H groups in total. The van der Waals surface area contributed by atoms with E-state index >= 15 is 0 Å². The SMILES string of the molecule is Clc1ccccc1OCCc1cc([C@H]2CCN(c3cnccn3)C2)n[nH]1. The largest absolute Gasteiger partial charge is 0.492 e. The van der Waals surface area contributed by atoms with Crippen molar-refractivity contribution < 1.29 is 4.74 Å². The maximum Gasteiger partial charge on any atom is 0.147 e. The molecule has 134 valence electrons. The second-order valence-corrected chi connectivity index (χ2v) is 6.75. The first-order chi connectivity index (χ1) is 12.8. The summed E-state index contributed by atoms with van der Waals surface area (Å²) in [5.41, 5.74) is 2.18. The molecule has 3 heterocycles. The monoisotopic (exact) mass is 369 g/mol. The Morgan fingerprint density at radius 1 is 1.27 bits per heavy atom. The fourth-order valence-electron chi connectivity index (χ4n) is 3.21. The van der Waals surface area contributed by atoms with E-state index in [2.05, 4.69) is 31.1 Å². The van der Waals surface area contributed by atoms with E-state index < -0.39 is 0 Å². The van der Waals surface area contributed by atoms with Gasteiger partial charge in [-0.25, -0.2) is 4.98 Å². The topological polar surface area (TPSA) is 66.9 Å². The van der Waals surface area contributed by atoms with Gasteiger partial charge in [-0.05, 0) is 24.6 Å². The summed E-state index contributed by atoms with van der Waals surface area (Å²) in [7, 11) is 0. The van der Waals surface area contributed by atoms with Crippen molar-refractivity contribution in [3.63, 3.8) is 0 Å². The Morgan fingerprint density at radius 3 is 3.04 bits per heavy atom. The molecule has 6 nitrogen and oxygen atoms in total. The smallest absolute Gasteiger partial charge is 0.147 e. The molecular formula is C19H20ClN5O. The number of aromatic nitrogens is 4. The summed E-state index contributed by atoms with van der Waals surface area (Å²) in [4.78, 5) is 10.8. The minimum Gasteiger partial charge on any atom is -0.492 e. The van der Waals surface area contributed by atoms with Gasteiger partial charge in [0.1, 0.15) is 11.6 Å². The van der Waals surface area contributed by atoms with E-state index in [0.29, 0.717) is 23.3 Å². The highest BCUT2D eigenvalue weighted by atomic mass is 35.5. The van der Waals surface area contributed by atoms with Crippen molar-refractivity contribution in [2.24, 2.45) is 0 Å². The fraction of sp³-hybridized carbons (Fsp3) is 0.316. The summed E-state index contributed by atoms with van der Waals surface area (Å²) in [6.45, 7) is 2.45. The fourth-order valence-corrected chi connectivity index (χ4v) is 3.40. The van der Waals surface area contributed by atoms with E-state index in [9.17, 15) is 0 Å². The highest BCUT2D eigenvalue weighted by Crippen LogP contribution is 2.29. The predicted octanol–water partition coefficient (Wildman–Crippen LogP) is 3.47. The van der Waals surface area contributed by atoms with Crippen LogP contribution in [0.15, 0.2) is 48.9 Å². The molecule has 1 aliphatic heterocycles. The van der Waals surface area contributed by atoms with Crippen LogP contribution < -0.4 is 9.64 Å². The zero-order chi connectivity index (χ0) is 17.8. The van der Waals surface area contributed by atoms with E-state index in [-0.39, 0.29) is 0 Å². The molecule has 0 aliphatic carbocycles. The molecule has 1 atom stereocenters. The van der Waals surface area contributed by atoms with Gasteiger partial charge in [0.05, 0.1) is 23.5 Å². The molecule has 1 aromatic carbocycles. The molecular weight excluding hydrogens is 350 g/mol. The van der Waals surface area contributed by atoms with E-state index in [1.54, 1.807) is 12.4 Å². The quantitative estimate of drug-likeness (QED) is 0.720. The van der Waals surface area contributed by atoms with Crippen LogP contribution in [-0.4, -0.2) is 39.9 Å². The number of rotatable bonds is 6. The summed E-state index contributed by atoms with van der Waals surface area (Å²) in [5.74, 6) is 2.05. The number of halogens is 1. The zero-order valence-electron chi connectivity index (χ0n) is 14.3. The maximum absolute atomic E-state index is 6.10. The minimum atomic E-state index is 0.409. The number of hydrogen-bond acceptors (Lipinski definition) is 5. The standard InChI is InChI=1S/C19H20ClN5O/c20-16-3-1-2-4-18(16)26-10-6-15-11-17(24-23-15)14-5-9-25(13-14)19-12-21-7-8-22-19/h1-4,7-8,11-12,14H,5-6,9-10,13H2,(H,23,24)/t14-/m0/s1. The van der Waals surface area contributed by atoms with Crippen molar-refractivity contribution in [2.75, 3.05) is 24.6 Å². The third-order valence-corrected chi connectivity index (χ3v) is 4.91. The number of H-pyrrole nitrogens is 1. The highest BCUT2D eigenvalue weighted by Gasteiger charge is 2.26. The predicted molar refractivity (Wildman–Crippen MR) is 101 cm³/mol. The van der Waals surface area contributed by atoms with Gasteiger partial charge in [0, 0.05) is 43.5 Å². The molecule has 1 saturated heterocycles. The van der Waals surface area contributed by atoms with Gasteiger partial charge in [0.15, 0.2) is 0 Å². The second kappa shape index (κ2) is 7.74. The lowest BCUT2D eigenvalue weighted by molar-refractivity contribution is 0.320. The lowest BCUT2D eigenvalue weighted by Crippen LogP contribution is -2.20. The van der Waals surface area contributed by atoms with Crippen LogP contribution in [0.25, 0.3) is 0 Å². The van der Waals surface area contributed by atoms with Crippen LogP contribution in [0, 0.1) is 0 Å². The van der Waals surface area contributed by atoms with E-state index in [1.807, 2.05) is 30.5 Å². The molecule has 3 aromatic rings. The summed E-state index contributed by atoms with van der Waals surface area (Å²) in [6, 6.07) is 9.65. The van der Waals surface area contributed by atoms with Gasteiger partial charge in [0.2, 0.25) is 0 Å². The van der Waals surface area contributed by atoms with Crippen LogP contribution in [0.2, 0.25) is 5.02 Å². The summed E-state index contributed by atoms with van der Waals surface area (Å²) >= 11 is 6.10. The van der Waals surface area contributed by atoms with Gasteiger partial charge in [0.25, 0.3) is 0 Å². The summed E-state index contributed by atoms with van der Waals surface area (Å²) in [6.07, 6.45) is 7.07. The third kappa shape index (κ3) is 3.80. The molecule has 0 bridgehead atoms.